The smallest absolute Gasteiger partial charge is 0.262 e. The van der Waals surface area contributed by atoms with Crippen LogP contribution in [0.1, 0.15) is 17.0 Å². The number of nitriles is 1. The highest BCUT2D eigenvalue weighted by molar-refractivity contribution is 5.92. The van der Waals surface area contributed by atoms with Crippen LogP contribution in [-0.4, -0.2) is 29.6 Å². The molecule has 0 aliphatic heterocycles. The number of nitrogens with zero attached hydrogens (tertiary/aromatic N) is 2. The van der Waals surface area contributed by atoms with Crippen LogP contribution in [0.2, 0.25) is 0 Å². The van der Waals surface area contributed by atoms with E-state index >= 15 is 0 Å². The lowest BCUT2D eigenvalue weighted by Gasteiger charge is -2.12. The van der Waals surface area contributed by atoms with Gasteiger partial charge < -0.3 is 19.8 Å². The van der Waals surface area contributed by atoms with Crippen molar-refractivity contribution in [1.29, 1.82) is 5.26 Å². The molecule has 0 radical (unpaired) electrons. The van der Waals surface area contributed by atoms with Crippen molar-refractivity contribution < 1.29 is 14.3 Å². The number of methoxy groups -OCH3 is 1. The zero-order chi connectivity index (χ0) is 24.8. The lowest BCUT2D eigenvalue weighted by Crippen LogP contribution is -2.20. The van der Waals surface area contributed by atoms with Crippen molar-refractivity contribution >= 4 is 34.1 Å². The van der Waals surface area contributed by atoms with Gasteiger partial charge in [-0.1, -0.05) is 30.3 Å². The molecule has 4 aromatic rings. The Morgan fingerprint density at radius 1 is 1.11 bits per heavy atom. The summed E-state index contributed by atoms with van der Waals surface area (Å²) in [5.74, 6) is 0.626. The average Bonchev–Trinajstić information content (AvgIpc) is 2.86. The maximum Gasteiger partial charge on any atom is 0.262 e. The van der Waals surface area contributed by atoms with Gasteiger partial charge in [-0.25, -0.2) is 4.98 Å². The number of allylic oxidation sites excluding steroid dienone is 1. The Hall–Kier alpha value is -4.90. The number of ether oxygens (including phenoxy) is 2. The van der Waals surface area contributed by atoms with E-state index in [1.54, 1.807) is 48.5 Å². The summed E-state index contributed by atoms with van der Waals surface area (Å²) in [4.78, 5) is 31.8. The van der Waals surface area contributed by atoms with Gasteiger partial charge in [0.05, 0.1) is 23.6 Å². The number of H-pyrrole nitrogens is 1. The van der Waals surface area contributed by atoms with Crippen LogP contribution in [0, 0.1) is 18.3 Å². The maximum atomic E-state index is 12.5. The molecule has 0 fully saturated rings. The molecule has 0 atom stereocenters. The second-order valence-electron chi connectivity index (χ2n) is 7.72. The summed E-state index contributed by atoms with van der Waals surface area (Å²) < 4.78 is 11.0. The fourth-order valence-electron chi connectivity index (χ4n) is 3.45. The maximum absolute atomic E-state index is 12.5. The first-order valence-corrected chi connectivity index (χ1v) is 10.8. The lowest BCUT2D eigenvalue weighted by atomic mass is 10.1. The predicted octanol–water partition coefficient (Wildman–Crippen LogP) is 4.32. The zero-order valence-corrected chi connectivity index (χ0v) is 19.2. The van der Waals surface area contributed by atoms with Crippen molar-refractivity contribution in [2.45, 2.75) is 6.92 Å². The fraction of sp³-hybridized carbons (Fsp3) is 0.111. The van der Waals surface area contributed by atoms with Crippen molar-refractivity contribution in [3.05, 3.63) is 94.0 Å². The van der Waals surface area contributed by atoms with Crippen LogP contribution in [0.5, 0.6) is 11.5 Å². The molecule has 2 N–H and O–H groups in total. The minimum Gasteiger partial charge on any atom is -0.493 e. The van der Waals surface area contributed by atoms with Gasteiger partial charge in [0.2, 0.25) is 0 Å². The molecule has 0 saturated carbocycles. The highest BCUT2D eigenvalue weighted by atomic mass is 16.5. The van der Waals surface area contributed by atoms with Gasteiger partial charge in [-0.2, -0.15) is 5.26 Å². The molecule has 0 bridgehead atoms. The number of benzene rings is 3. The van der Waals surface area contributed by atoms with Crippen LogP contribution in [0.4, 0.5) is 5.69 Å². The third-order valence-corrected chi connectivity index (χ3v) is 5.15. The molecule has 0 unspecified atom stereocenters. The van der Waals surface area contributed by atoms with Crippen LogP contribution in [0.25, 0.3) is 22.6 Å². The van der Waals surface area contributed by atoms with Gasteiger partial charge in [-0.15, -0.1) is 0 Å². The first-order chi connectivity index (χ1) is 17.0. The third kappa shape index (κ3) is 5.54. The molecule has 174 valence electrons. The van der Waals surface area contributed by atoms with Crippen molar-refractivity contribution in [2.24, 2.45) is 0 Å². The molecule has 1 amide bonds. The molecular formula is C27H22N4O4. The van der Waals surface area contributed by atoms with Crippen molar-refractivity contribution in [1.82, 2.24) is 9.97 Å². The number of fused-ring (bicyclic) bond motifs is 1. The summed E-state index contributed by atoms with van der Waals surface area (Å²) >= 11 is 0. The fourth-order valence-corrected chi connectivity index (χ4v) is 3.45. The summed E-state index contributed by atoms with van der Waals surface area (Å²) in [6.45, 7) is 1.70. The Bertz CT molecular complexity index is 1520. The summed E-state index contributed by atoms with van der Waals surface area (Å²) in [5, 5.41) is 12.9. The van der Waals surface area contributed by atoms with E-state index in [0.29, 0.717) is 33.7 Å². The highest BCUT2D eigenvalue weighted by Crippen LogP contribution is 2.29. The Morgan fingerprint density at radius 3 is 2.66 bits per heavy atom. The quantitative estimate of drug-likeness (QED) is 0.392. The van der Waals surface area contributed by atoms with Crippen LogP contribution >= 0.6 is 0 Å². The number of carbonyl (C=O) groups excluding carboxylic acids is 1. The lowest BCUT2D eigenvalue weighted by molar-refractivity contribution is -0.118. The zero-order valence-electron chi connectivity index (χ0n) is 19.2. The molecule has 0 saturated heterocycles. The van der Waals surface area contributed by atoms with Crippen molar-refractivity contribution in [3.8, 4) is 17.6 Å². The van der Waals surface area contributed by atoms with E-state index < -0.39 is 0 Å². The molecule has 8 heteroatoms. The predicted molar refractivity (Wildman–Crippen MR) is 134 cm³/mol. The number of aromatic amines is 1. The molecule has 0 aliphatic rings. The molecule has 4 rings (SSSR count). The summed E-state index contributed by atoms with van der Waals surface area (Å²) in [5.41, 5.74) is 2.64. The second-order valence-corrected chi connectivity index (χ2v) is 7.72. The van der Waals surface area contributed by atoms with E-state index in [-0.39, 0.29) is 29.5 Å². The van der Waals surface area contributed by atoms with E-state index in [1.165, 1.54) is 7.11 Å². The van der Waals surface area contributed by atoms with Gasteiger partial charge in [0.1, 0.15) is 6.07 Å². The Morgan fingerprint density at radius 2 is 1.91 bits per heavy atom. The topological polar surface area (TPSA) is 117 Å². The standard InChI is InChI=1S/C27H22N4O4/c1-17-8-10-21-22(12-17)30-26(31-27(21)33)19(15-28)13-18-9-11-23(24(14-18)34-2)35-16-25(32)29-20-6-4-3-5-7-20/h3-14H,16H2,1-2H3,(H,29,32)(H,30,31,33)/b19-13+. The van der Waals surface area contributed by atoms with Gasteiger partial charge in [0, 0.05) is 5.69 Å². The van der Waals surface area contributed by atoms with Gasteiger partial charge >= 0.3 is 0 Å². The van der Waals surface area contributed by atoms with E-state index in [9.17, 15) is 14.9 Å². The summed E-state index contributed by atoms with van der Waals surface area (Å²) in [6.07, 6.45) is 1.59. The number of carbonyl (C=O) groups is 1. The van der Waals surface area contributed by atoms with Gasteiger partial charge in [0.15, 0.2) is 23.9 Å². The summed E-state index contributed by atoms with van der Waals surface area (Å²) in [7, 11) is 1.48. The van der Waals surface area contributed by atoms with Gasteiger partial charge in [0.25, 0.3) is 11.5 Å². The van der Waals surface area contributed by atoms with E-state index in [1.807, 2.05) is 31.2 Å². The number of aromatic nitrogens is 2. The second kappa shape index (κ2) is 10.4. The van der Waals surface area contributed by atoms with Crippen LogP contribution in [0.15, 0.2) is 71.5 Å². The normalized spacial score (nSPS) is 11.1. The number of hydrogen-bond donors (Lipinski definition) is 2. The Balaban J connectivity index is 1.55. The molecular weight excluding hydrogens is 444 g/mol. The summed E-state index contributed by atoms with van der Waals surface area (Å²) in [6, 6.07) is 21.5. The number of aryl methyl sites for hydroxylation is 1. The number of amides is 1. The molecule has 0 aliphatic carbocycles. The average molecular weight is 466 g/mol. The van der Waals surface area contributed by atoms with Crippen LogP contribution in [0.3, 0.4) is 0 Å². The van der Waals surface area contributed by atoms with Gasteiger partial charge in [-0.3, -0.25) is 9.59 Å². The number of rotatable bonds is 7. The minimum absolute atomic E-state index is 0.174. The highest BCUT2D eigenvalue weighted by Gasteiger charge is 2.12. The number of hydrogen-bond acceptors (Lipinski definition) is 6. The van der Waals surface area contributed by atoms with Crippen molar-refractivity contribution in [2.75, 3.05) is 19.0 Å². The molecule has 35 heavy (non-hydrogen) atoms. The monoisotopic (exact) mass is 466 g/mol. The largest absolute Gasteiger partial charge is 0.493 e. The van der Waals surface area contributed by atoms with Crippen LogP contribution < -0.4 is 20.3 Å². The van der Waals surface area contributed by atoms with E-state index in [4.69, 9.17) is 9.47 Å². The van der Waals surface area contributed by atoms with E-state index in [2.05, 4.69) is 21.4 Å². The van der Waals surface area contributed by atoms with Crippen LogP contribution in [-0.2, 0) is 4.79 Å². The first kappa shape index (κ1) is 23.3. The molecule has 1 aromatic heterocycles. The molecule has 0 spiro atoms. The Labute approximate surface area is 201 Å². The van der Waals surface area contributed by atoms with Gasteiger partial charge in [-0.05, 0) is 60.5 Å². The number of anilines is 1. The molecule has 8 nitrogen and oxygen atoms in total. The minimum atomic E-state index is -0.318. The molecule has 1 heterocycles. The molecule has 3 aromatic carbocycles. The number of para-hydroxylation sites is 1. The Kier molecular flexibility index (Phi) is 6.88. The van der Waals surface area contributed by atoms with E-state index in [0.717, 1.165) is 5.56 Å². The van der Waals surface area contributed by atoms with Crippen molar-refractivity contribution in [3.63, 3.8) is 0 Å². The number of nitrogens with one attached hydrogen (secondary N) is 2. The first-order valence-electron chi connectivity index (χ1n) is 10.8. The third-order valence-electron chi connectivity index (χ3n) is 5.15. The SMILES string of the molecule is COc1cc(/C=C(\C#N)c2nc3cc(C)ccc3c(=O)[nH]2)ccc1OCC(=O)Nc1ccccc1.